The zero-order valence-corrected chi connectivity index (χ0v) is 14.8. The lowest BCUT2D eigenvalue weighted by atomic mass is 10.2. The maximum atomic E-state index is 12.3. The molecule has 1 fully saturated rings. The number of ether oxygens (including phenoxy) is 1. The number of carbonyl (C=O) groups is 2. The van der Waals surface area contributed by atoms with Crippen molar-refractivity contribution in [3.05, 3.63) is 33.1 Å². The molecule has 1 saturated heterocycles. The Labute approximate surface area is 145 Å². The zero-order valence-electron chi connectivity index (χ0n) is 11.5. The summed E-state index contributed by atoms with van der Waals surface area (Å²) in [5, 5.41) is 8.71. The first-order chi connectivity index (χ1) is 10.4. The van der Waals surface area contributed by atoms with E-state index >= 15 is 0 Å². The average Bonchev–Trinajstić information content (AvgIpc) is 2.71. The van der Waals surface area contributed by atoms with Crippen molar-refractivity contribution in [1.82, 2.24) is 4.90 Å². The second-order valence-corrected chi connectivity index (χ2v) is 6.90. The van der Waals surface area contributed by atoms with Crippen LogP contribution in [0.2, 0.25) is 0 Å². The number of hydrogen-bond donors (Lipinski definition) is 1. The summed E-state index contributed by atoms with van der Waals surface area (Å²) < 4.78 is 6.32. The van der Waals surface area contributed by atoms with Crippen molar-refractivity contribution in [2.24, 2.45) is 0 Å². The summed E-state index contributed by atoms with van der Waals surface area (Å²) >= 11 is 9.70. The molecular weight excluding hydrogens is 390 g/mol. The fourth-order valence-corrected chi connectivity index (χ4v) is 3.69. The molecule has 1 aliphatic heterocycles. The van der Waals surface area contributed by atoms with Gasteiger partial charge in [0.15, 0.2) is 0 Å². The van der Waals surface area contributed by atoms with Crippen molar-refractivity contribution < 1.29 is 19.4 Å². The largest absolute Gasteiger partial charge is 0.496 e. The molecule has 0 bridgehead atoms. The van der Waals surface area contributed by atoms with Gasteiger partial charge in [0.25, 0.3) is 5.91 Å². The van der Waals surface area contributed by atoms with Gasteiger partial charge in [-0.25, -0.2) is 0 Å². The molecule has 0 atom stereocenters. The molecule has 0 aromatic heterocycles. The molecule has 116 valence electrons. The lowest BCUT2D eigenvalue weighted by Crippen LogP contribution is -2.30. The van der Waals surface area contributed by atoms with E-state index in [0.29, 0.717) is 15.0 Å². The predicted molar refractivity (Wildman–Crippen MR) is 92.8 cm³/mol. The van der Waals surface area contributed by atoms with Crippen molar-refractivity contribution in [2.75, 3.05) is 13.7 Å². The van der Waals surface area contributed by atoms with Crippen LogP contribution in [0, 0.1) is 0 Å². The van der Waals surface area contributed by atoms with Gasteiger partial charge in [-0.15, -0.1) is 0 Å². The second kappa shape index (κ2) is 7.26. The Morgan fingerprint density at radius 2 is 2.27 bits per heavy atom. The molecule has 1 amide bonds. The van der Waals surface area contributed by atoms with Crippen LogP contribution in [-0.4, -0.2) is 39.9 Å². The van der Waals surface area contributed by atoms with E-state index in [4.69, 9.17) is 22.1 Å². The maximum absolute atomic E-state index is 12.3. The number of carbonyl (C=O) groups excluding carboxylic acids is 1. The molecule has 8 heteroatoms. The Bertz CT molecular complexity index is 675. The van der Waals surface area contributed by atoms with Crippen LogP contribution in [0.25, 0.3) is 6.08 Å². The van der Waals surface area contributed by atoms with Crippen LogP contribution in [0.1, 0.15) is 12.0 Å². The summed E-state index contributed by atoms with van der Waals surface area (Å²) in [5.74, 6) is -0.522. The normalized spacial score (nSPS) is 16.5. The number of thioether (sulfide) groups is 1. The number of nitrogens with zero attached hydrogens (tertiary/aromatic N) is 1. The molecule has 0 spiro atoms. The number of rotatable bonds is 5. The minimum Gasteiger partial charge on any atom is -0.496 e. The lowest BCUT2D eigenvalue weighted by molar-refractivity contribution is -0.137. The number of hydrogen-bond acceptors (Lipinski definition) is 5. The lowest BCUT2D eigenvalue weighted by Gasteiger charge is -2.12. The molecule has 0 saturated carbocycles. The summed E-state index contributed by atoms with van der Waals surface area (Å²) in [6, 6.07) is 5.46. The van der Waals surface area contributed by atoms with Crippen molar-refractivity contribution in [3.8, 4) is 5.75 Å². The van der Waals surface area contributed by atoms with E-state index in [0.717, 1.165) is 10.0 Å². The van der Waals surface area contributed by atoms with Gasteiger partial charge in [-0.05, 0) is 39.7 Å². The van der Waals surface area contributed by atoms with Gasteiger partial charge in [0.2, 0.25) is 0 Å². The number of amides is 1. The summed E-state index contributed by atoms with van der Waals surface area (Å²) in [6.07, 6.45) is 1.60. The van der Waals surface area contributed by atoms with Gasteiger partial charge in [-0.3, -0.25) is 14.5 Å². The zero-order chi connectivity index (χ0) is 16.3. The Kier molecular flexibility index (Phi) is 5.60. The highest BCUT2D eigenvalue weighted by molar-refractivity contribution is 9.10. The van der Waals surface area contributed by atoms with E-state index in [2.05, 4.69) is 15.9 Å². The van der Waals surface area contributed by atoms with Gasteiger partial charge in [0.05, 0.1) is 22.9 Å². The van der Waals surface area contributed by atoms with Crippen molar-refractivity contribution >= 4 is 62.2 Å². The van der Waals surface area contributed by atoms with E-state index in [1.165, 1.54) is 16.7 Å². The van der Waals surface area contributed by atoms with Gasteiger partial charge in [0.1, 0.15) is 10.1 Å². The third-order valence-corrected chi connectivity index (χ3v) is 4.89. The van der Waals surface area contributed by atoms with E-state index in [9.17, 15) is 9.59 Å². The number of benzene rings is 1. The van der Waals surface area contributed by atoms with E-state index in [1.54, 1.807) is 19.3 Å². The molecule has 1 aromatic rings. The molecule has 2 rings (SSSR count). The van der Waals surface area contributed by atoms with Crippen LogP contribution >= 0.6 is 39.9 Å². The SMILES string of the molecule is COc1ccc(C=C2SC(=S)N(CCC(=O)O)C2=O)cc1Br. The molecule has 0 unspecified atom stereocenters. The highest BCUT2D eigenvalue weighted by Crippen LogP contribution is 2.34. The van der Waals surface area contributed by atoms with Crippen LogP contribution in [0.15, 0.2) is 27.6 Å². The highest BCUT2D eigenvalue weighted by atomic mass is 79.9. The Balaban J connectivity index is 2.19. The molecule has 1 N–H and O–H groups in total. The second-order valence-electron chi connectivity index (χ2n) is 4.37. The molecule has 1 heterocycles. The van der Waals surface area contributed by atoms with Gasteiger partial charge in [-0.1, -0.05) is 30.0 Å². The molecule has 22 heavy (non-hydrogen) atoms. The fraction of sp³-hybridized carbons (Fsp3) is 0.214. The summed E-state index contributed by atoms with van der Waals surface area (Å²) in [4.78, 5) is 24.7. The Morgan fingerprint density at radius 3 is 2.86 bits per heavy atom. The maximum Gasteiger partial charge on any atom is 0.305 e. The highest BCUT2D eigenvalue weighted by Gasteiger charge is 2.32. The Hall–Kier alpha value is -1.38. The van der Waals surface area contributed by atoms with E-state index in [1.807, 2.05) is 12.1 Å². The minimum absolute atomic E-state index is 0.0870. The van der Waals surface area contributed by atoms with Gasteiger partial charge in [0, 0.05) is 6.54 Å². The van der Waals surface area contributed by atoms with E-state index < -0.39 is 5.97 Å². The number of halogens is 1. The minimum atomic E-state index is -0.961. The third kappa shape index (κ3) is 3.88. The van der Waals surface area contributed by atoms with Gasteiger partial charge in [-0.2, -0.15) is 0 Å². The number of thiocarbonyl (C=S) groups is 1. The van der Waals surface area contributed by atoms with Crippen LogP contribution in [0.4, 0.5) is 0 Å². The Morgan fingerprint density at radius 1 is 1.55 bits per heavy atom. The molecule has 0 radical (unpaired) electrons. The summed E-state index contributed by atoms with van der Waals surface area (Å²) in [7, 11) is 1.58. The van der Waals surface area contributed by atoms with Crippen LogP contribution in [-0.2, 0) is 9.59 Å². The first kappa shape index (κ1) is 17.0. The predicted octanol–water partition coefficient (Wildman–Crippen LogP) is 3.13. The first-order valence-electron chi connectivity index (χ1n) is 6.23. The molecule has 1 aliphatic rings. The number of aliphatic carboxylic acids is 1. The third-order valence-electron chi connectivity index (χ3n) is 2.90. The summed E-state index contributed by atoms with van der Waals surface area (Å²) in [6.45, 7) is 0.0870. The average molecular weight is 402 g/mol. The van der Waals surface area contributed by atoms with Gasteiger partial charge >= 0.3 is 5.97 Å². The van der Waals surface area contributed by atoms with Crippen molar-refractivity contribution in [1.29, 1.82) is 0 Å². The van der Waals surface area contributed by atoms with Crippen molar-refractivity contribution in [3.63, 3.8) is 0 Å². The summed E-state index contributed by atoms with van der Waals surface area (Å²) in [5.41, 5.74) is 0.825. The van der Waals surface area contributed by atoms with E-state index in [-0.39, 0.29) is 18.9 Å². The molecule has 5 nitrogen and oxygen atoms in total. The number of carboxylic acids is 1. The number of methoxy groups -OCH3 is 1. The van der Waals surface area contributed by atoms with Crippen LogP contribution < -0.4 is 4.74 Å². The van der Waals surface area contributed by atoms with Crippen LogP contribution in [0.3, 0.4) is 0 Å². The van der Waals surface area contributed by atoms with Crippen LogP contribution in [0.5, 0.6) is 5.75 Å². The molecule has 0 aliphatic carbocycles. The standard InChI is InChI=1S/C14H12BrNO4S2/c1-20-10-3-2-8(6-9(10)15)7-11-13(19)16(14(21)22-11)5-4-12(17)18/h2-3,6-7H,4-5H2,1H3,(H,17,18). The molecule has 1 aromatic carbocycles. The first-order valence-corrected chi connectivity index (χ1v) is 8.25. The number of carboxylic acid groups (broad SMARTS) is 1. The van der Waals surface area contributed by atoms with Gasteiger partial charge < -0.3 is 9.84 Å². The fourth-order valence-electron chi connectivity index (χ4n) is 1.82. The quantitative estimate of drug-likeness (QED) is 0.603. The van der Waals surface area contributed by atoms with Crippen molar-refractivity contribution in [2.45, 2.75) is 6.42 Å². The monoisotopic (exact) mass is 401 g/mol. The smallest absolute Gasteiger partial charge is 0.305 e. The molecular formula is C14H12BrNO4S2. The topological polar surface area (TPSA) is 66.8 Å².